The van der Waals surface area contributed by atoms with Crippen LogP contribution in [-0.4, -0.2) is 47.0 Å². The maximum absolute atomic E-state index is 10.9. The van der Waals surface area contributed by atoms with Crippen molar-refractivity contribution in [3.05, 3.63) is 29.8 Å². The summed E-state index contributed by atoms with van der Waals surface area (Å²) < 4.78 is 1.97. The van der Waals surface area contributed by atoms with Crippen LogP contribution < -0.4 is 5.32 Å². The van der Waals surface area contributed by atoms with Gasteiger partial charge in [0, 0.05) is 10.9 Å². The summed E-state index contributed by atoms with van der Waals surface area (Å²) in [6.07, 6.45) is 5.59. The molecule has 3 rings (SSSR count). The van der Waals surface area contributed by atoms with E-state index in [0.717, 1.165) is 31.0 Å². The highest BCUT2D eigenvalue weighted by molar-refractivity contribution is 7.97. The number of hydrogen-bond acceptors (Lipinski definition) is 5. The van der Waals surface area contributed by atoms with Gasteiger partial charge in [0.05, 0.1) is 11.1 Å². The second-order valence-electron chi connectivity index (χ2n) is 9.92. The van der Waals surface area contributed by atoms with Crippen LogP contribution in [-0.2, 0) is 4.79 Å². The van der Waals surface area contributed by atoms with Crippen LogP contribution in [0.1, 0.15) is 58.9 Å². The second kappa shape index (κ2) is 9.95. The van der Waals surface area contributed by atoms with Crippen LogP contribution in [0.4, 0.5) is 0 Å². The monoisotopic (exact) mass is 420 g/mol. The fourth-order valence-electron chi connectivity index (χ4n) is 4.97. The van der Waals surface area contributed by atoms with E-state index in [4.69, 9.17) is 0 Å². The van der Waals surface area contributed by atoms with Crippen molar-refractivity contribution in [1.82, 2.24) is 9.62 Å². The third-order valence-corrected chi connectivity index (χ3v) is 8.05. The molecule has 0 amide bonds. The van der Waals surface area contributed by atoms with Gasteiger partial charge < -0.3 is 15.2 Å². The van der Waals surface area contributed by atoms with Crippen LogP contribution in [0.5, 0.6) is 0 Å². The molecule has 2 fully saturated rings. The standard InChI is InChI=1S/C12H17NOS.C12H23NO/c1-10-7-5-6-8-11(10)15-13(4)12(2,3)9-14;1-8-4-9-5-10(11(8)13-3)7-12(2,14)6-9/h5-9H,1-4H3;8-11,13-14H,4-7H2,1-3H3. The molecule has 29 heavy (non-hydrogen) atoms. The Morgan fingerprint density at radius 3 is 2.52 bits per heavy atom. The van der Waals surface area contributed by atoms with Gasteiger partial charge in [-0.25, -0.2) is 4.31 Å². The number of benzene rings is 1. The van der Waals surface area contributed by atoms with Crippen LogP contribution in [0.2, 0.25) is 0 Å². The minimum atomic E-state index is -0.438. The summed E-state index contributed by atoms with van der Waals surface area (Å²) in [4.78, 5) is 12.1. The number of likely N-dealkylation sites (N-methyl/N-ethyl adjacent to an activating group) is 1. The Bertz CT molecular complexity index is 675. The average molecular weight is 421 g/mol. The van der Waals surface area contributed by atoms with E-state index < -0.39 is 11.1 Å². The van der Waals surface area contributed by atoms with E-state index in [2.05, 4.69) is 38.3 Å². The van der Waals surface area contributed by atoms with E-state index in [1.807, 2.05) is 44.3 Å². The van der Waals surface area contributed by atoms with Crippen LogP contribution in [0.3, 0.4) is 0 Å². The minimum Gasteiger partial charge on any atom is -0.390 e. The highest BCUT2D eigenvalue weighted by Gasteiger charge is 2.44. The number of carbonyl (C=O) groups excluding carboxylic acids is 1. The number of aldehydes is 1. The van der Waals surface area contributed by atoms with E-state index in [9.17, 15) is 9.90 Å². The van der Waals surface area contributed by atoms with Crippen molar-refractivity contribution in [2.24, 2.45) is 17.8 Å². The summed E-state index contributed by atoms with van der Waals surface area (Å²) in [6, 6.07) is 8.79. The third kappa shape index (κ3) is 6.55. The lowest BCUT2D eigenvalue weighted by molar-refractivity contribution is -0.113. The molecule has 164 valence electrons. The molecule has 0 aromatic heterocycles. The molecule has 0 heterocycles. The zero-order valence-corrected chi connectivity index (χ0v) is 20.1. The number of nitrogens with zero attached hydrogens (tertiary/aromatic N) is 1. The van der Waals surface area contributed by atoms with Crippen molar-refractivity contribution in [3.63, 3.8) is 0 Å². The maximum Gasteiger partial charge on any atom is 0.140 e. The first-order valence-electron chi connectivity index (χ1n) is 10.8. The van der Waals surface area contributed by atoms with Crippen molar-refractivity contribution in [1.29, 1.82) is 0 Å². The van der Waals surface area contributed by atoms with Gasteiger partial charge in [0.25, 0.3) is 0 Å². The molecule has 2 saturated carbocycles. The molecule has 2 N–H and O–H groups in total. The quantitative estimate of drug-likeness (QED) is 0.534. The smallest absolute Gasteiger partial charge is 0.140 e. The minimum absolute atomic E-state index is 0.400. The van der Waals surface area contributed by atoms with Crippen molar-refractivity contribution < 1.29 is 9.90 Å². The Kier molecular flexibility index (Phi) is 8.37. The first kappa shape index (κ1) is 24.4. The molecule has 5 heteroatoms. The molecule has 2 aliphatic carbocycles. The molecule has 2 bridgehead atoms. The van der Waals surface area contributed by atoms with E-state index in [-0.39, 0.29) is 0 Å². The summed E-state index contributed by atoms with van der Waals surface area (Å²) in [7, 11) is 4.00. The lowest BCUT2D eigenvalue weighted by atomic mass is 9.61. The molecule has 4 nitrogen and oxygen atoms in total. The Balaban J connectivity index is 0.000000207. The molecule has 0 aliphatic heterocycles. The lowest BCUT2D eigenvalue weighted by Gasteiger charge is -2.49. The zero-order valence-electron chi connectivity index (χ0n) is 19.2. The Hall–Kier alpha value is -0.880. The Morgan fingerprint density at radius 2 is 1.93 bits per heavy atom. The van der Waals surface area contributed by atoms with Gasteiger partial charge in [0.2, 0.25) is 0 Å². The molecule has 1 aromatic carbocycles. The van der Waals surface area contributed by atoms with Crippen molar-refractivity contribution in [2.75, 3.05) is 14.1 Å². The van der Waals surface area contributed by atoms with Gasteiger partial charge >= 0.3 is 0 Å². The first-order valence-corrected chi connectivity index (χ1v) is 11.6. The highest BCUT2D eigenvalue weighted by Crippen LogP contribution is 2.46. The number of nitrogens with one attached hydrogen (secondary N) is 1. The molecule has 5 atom stereocenters. The molecular weight excluding hydrogens is 380 g/mol. The topological polar surface area (TPSA) is 52.6 Å². The van der Waals surface area contributed by atoms with Crippen LogP contribution in [0, 0.1) is 24.7 Å². The van der Waals surface area contributed by atoms with Gasteiger partial charge in [-0.15, -0.1) is 0 Å². The lowest BCUT2D eigenvalue weighted by Crippen LogP contribution is -2.51. The average Bonchev–Trinajstić information content (AvgIpc) is 2.62. The van der Waals surface area contributed by atoms with Gasteiger partial charge in [-0.3, -0.25) is 0 Å². The number of aliphatic hydroxyl groups is 1. The largest absolute Gasteiger partial charge is 0.390 e. The second-order valence-corrected chi connectivity index (χ2v) is 11.1. The number of fused-ring (bicyclic) bond motifs is 2. The highest BCUT2D eigenvalue weighted by atomic mass is 32.2. The van der Waals surface area contributed by atoms with Crippen molar-refractivity contribution in [2.45, 2.75) is 82.4 Å². The van der Waals surface area contributed by atoms with Gasteiger partial charge in [-0.05, 0) is 109 Å². The van der Waals surface area contributed by atoms with Gasteiger partial charge in [0.15, 0.2) is 0 Å². The molecule has 5 unspecified atom stereocenters. The van der Waals surface area contributed by atoms with Crippen LogP contribution >= 0.6 is 11.9 Å². The van der Waals surface area contributed by atoms with Gasteiger partial charge in [-0.1, -0.05) is 25.1 Å². The third-order valence-electron chi connectivity index (χ3n) is 6.65. The number of rotatable bonds is 5. The van der Waals surface area contributed by atoms with Crippen molar-refractivity contribution in [3.8, 4) is 0 Å². The fraction of sp³-hybridized carbons (Fsp3) is 0.708. The van der Waals surface area contributed by atoms with E-state index in [1.165, 1.54) is 23.3 Å². The molecule has 2 aliphatic rings. The predicted octanol–water partition coefficient (Wildman–Crippen LogP) is 4.69. The summed E-state index contributed by atoms with van der Waals surface area (Å²) in [5.74, 6) is 2.24. The molecular formula is C24H40N2O2S. The molecule has 0 radical (unpaired) electrons. The summed E-state index contributed by atoms with van der Waals surface area (Å²) in [5, 5.41) is 13.6. The fourth-order valence-corrected chi connectivity index (χ4v) is 5.90. The normalized spacial score (nSPS) is 31.8. The summed E-state index contributed by atoms with van der Waals surface area (Å²) in [6.45, 7) is 10.2. The predicted molar refractivity (Wildman–Crippen MR) is 123 cm³/mol. The van der Waals surface area contributed by atoms with Gasteiger partial charge in [0.1, 0.15) is 6.29 Å². The molecule has 0 spiro atoms. The van der Waals surface area contributed by atoms with E-state index >= 15 is 0 Å². The Labute approximate surface area is 182 Å². The number of aryl methyl sites for hydroxylation is 1. The van der Waals surface area contributed by atoms with Gasteiger partial charge in [-0.2, -0.15) is 0 Å². The summed E-state index contributed by atoms with van der Waals surface area (Å²) >= 11 is 1.60. The summed E-state index contributed by atoms with van der Waals surface area (Å²) in [5.41, 5.74) is 0.395. The Morgan fingerprint density at radius 1 is 1.28 bits per heavy atom. The molecule has 1 aromatic rings. The van der Waals surface area contributed by atoms with Crippen molar-refractivity contribution >= 4 is 18.2 Å². The van der Waals surface area contributed by atoms with Crippen LogP contribution in [0.25, 0.3) is 0 Å². The zero-order chi connectivity index (χ0) is 21.8. The maximum atomic E-state index is 10.9. The van der Waals surface area contributed by atoms with E-state index in [1.54, 1.807) is 11.9 Å². The number of carbonyl (C=O) groups is 1. The first-order chi connectivity index (χ1) is 13.5. The molecule has 0 saturated heterocycles. The van der Waals surface area contributed by atoms with Crippen LogP contribution in [0.15, 0.2) is 29.2 Å². The number of hydrogen-bond donors (Lipinski definition) is 2. The SMILES string of the molecule is CNC1C(C)CC2CC1CC(C)(O)C2.Cc1ccccc1SN(C)C(C)(C)C=O. The van der Waals surface area contributed by atoms with E-state index in [0.29, 0.717) is 12.0 Å².